The molecule has 2 aromatic carbocycles. The van der Waals surface area contributed by atoms with Gasteiger partial charge in [-0.1, -0.05) is 29.3 Å². The lowest BCUT2D eigenvalue weighted by molar-refractivity contribution is -0.384. The van der Waals surface area contributed by atoms with Gasteiger partial charge < -0.3 is 0 Å². The summed E-state index contributed by atoms with van der Waals surface area (Å²) in [5.41, 5.74) is 2.15. The summed E-state index contributed by atoms with van der Waals surface area (Å²) in [6, 6.07) is 11.6. The summed E-state index contributed by atoms with van der Waals surface area (Å²) in [7, 11) is 0. The lowest BCUT2D eigenvalue weighted by atomic mass is 10.2. The second-order valence-electron chi connectivity index (χ2n) is 3.93. The first-order chi connectivity index (χ1) is 9.06. The van der Waals surface area contributed by atoms with Gasteiger partial charge in [0.05, 0.1) is 15.6 Å². The number of benzene rings is 2. The van der Waals surface area contributed by atoms with Gasteiger partial charge in [-0.05, 0) is 25.1 Å². The lowest BCUT2D eigenvalue weighted by Crippen LogP contribution is -1.86. The van der Waals surface area contributed by atoms with Gasteiger partial charge in [0, 0.05) is 12.1 Å². The van der Waals surface area contributed by atoms with E-state index in [1.165, 1.54) is 18.2 Å². The van der Waals surface area contributed by atoms with Gasteiger partial charge in [0.15, 0.2) is 0 Å². The molecule has 0 aliphatic rings. The average Bonchev–Trinajstić information content (AvgIpc) is 2.39. The first-order valence-electron chi connectivity index (χ1n) is 5.48. The van der Waals surface area contributed by atoms with Gasteiger partial charge in [-0.15, -0.1) is 5.11 Å². The quantitative estimate of drug-likeness (QED) is 0.451. The van der Waals surface area contributed by atoms with Crippen molar-refractivity contribution in [3.05, 3.63) is 63.2 Å². The van der Waals surface area contributed by atoms with Crippen LogP contribution in [0.15, 0.2) is 52.7 Å². The lowest BCUT2D eigenvalue weighted by Gasteiger charge is -1.97. The van der Waals surface area contributed by atoms with Crippen LogP contribution in [0.4, 0.5) is 17.1 Å². The molecular formula is C13H10ClN3O2. The van der Waals surface area contributed by atoms with Crippen LogP contribution in [-0.4, -0.2) is 4.92 Å². The highest BCUT2D eigenvalue weighted by molar-refractivity contribution is 6.33. The second kappa shape index (κ2) is 5.58. The number of azo groups is 1. The Balaban J connectivity index is 2.23. The van der Waals surface area contributed by atoms with E-state index < -0.39 is 4.92 Å². The summed E-state index contributed by atoms with van der Waals surface area (Å²) in [6.45, 7) is 1.98. The van der Waals surface area contributed by atoms with Crippen LogP contribution in [0.5, 0.6) is 0 Å². The zero-order valence-corrected chi connectivity index (χ0v) is 10.8. The summed E-state index contributed by atoms with van der Waals surface area (Å²) in [5.74, 6) is 0. The van der Waals surface area contributed by atoms with Crippen molar-refractivity contribution in [2.24, 2.45) is 10.2 Å². The first kappa shape index (κ1) is 13.2. The Morgan fingerprint density at radius 3 is 2.37 bits per heavy atom. The predicted molar refractivity (Wildman–Crippen MR) is 73.5 cm³/mol. The highest BCUT2D eigenvalue weighted by atomic mass is 35.5. The van der Waals surface area contributed by atoms with Gasteiger partial charge in [0.1, 0.15) is 5.69 Å². The highest BCUT2D eigenvalue weighted by Crippen LogP contribution is 2.30. The number of halogens is 1. The number of hydrogen-bond acceptors (Lipinski definition) is 4. The van der Waals surface area contributed by atoms with Gasteiger partial charge in [-0.25, -0.2) is 0 Å². The zero-order valence-electron chi connectivity index (χ0n) is 10.1. The van der Waals surface area contributed by atoms with Crippen LogP contribution in [0, 0.1) is 17.0 Å². The van der Waals surface area contributed by atoms with Crippen LogP contribution in [0.3, 0.4) is 0 Å². The topological polar surface area (TPSA) is 67.9 Å². The number of hydrogen-bond donors (Lipinski definition) is 0. The molecule has 2 aromatic rings. The molecule has 0 aliphatic heterocycles. The molecule has 0 bridgehead atoms. The summed E-state index contributed by atoms with van der Waals surface area (Å²) in [6.07, 6.45) is 0. The number of non-ortho nitro benzene ring substituents is 1. The van der Waals surface area contributed by atoms with E-state index in [1.54, 1.807) is 0 Å². The van der Waals surface area contributed by atoms with Gasteiger partial charge in [0.25, 0.3) is 5.69 Å². The van der Waals surface area contributed by atoms with Gasteiger partial charge in [-0.3, -0.25) is 10.1 Å². The van der Waals surface area contributed by atoms with E-state index in [4.69, 9.17) is 11.6 Å². The molecule has 0 fully saturated rings. The van der Waals surface area contributed by atoms with E-state index in [2.05, 4.69) is 10.2 Å². The summed E-state index contributed by atoms with van der Waals surface area (Å²) in [4.78, 5) is 10.1. The highest BCUT2D eigenvalue weighted by Gasteiger charge is 2.08. The molecule has 0 aliphatic carbocycles. The Hall–Kier alpha value is -2.27. The molecule has 0 amide bonds. The molecule has 0 heterocycles. The summed E-state index contributed by atoms with van der Waals surface area (Å²) >= 11 is 5.91. The largest absolute Gasteiger partial charge is 0.271 e. The summed E-state index contributed by atoms with van der Waals surface area (Å²) in [5, 5.41) is 18.8. The van der Waals surface area contributed by atoms with Crippen LogP contribution in [-0.2, 0) is 0 Å². The molecule has 0 atom stereocenters. The van der Waals surface area contributed by atoms with Crippen molar-refractivity contribution >= 4 is 28.7 Å². The van der Waals surface area contributed by atoms with Crippen molar-refractivity contribution in [3.8, 4) is 0 Å². The third-order valence-corrected chi connectivity index (χ3v) is 2.75. The van der Waals surface area contributed by atoms with Crippen molar-refractivity contribution < 1.29 is 4.92 Å². The molecule has 0 radical (unpaired) electrons. The fraction of sp³-hybridized carbons (Fsp3) is 0.0769. The van der Waals surface area contributed by atoms with E-state index >= 15 is 0 Å². The monoisotopic (exact) mass is 275 g/mol. The van der Waals surface area contributed by atoms with Gasteiger partial charge >= 0.3 is 0 Å². The Bertz CT molecular complexity index is 639. The fourth-order valence-corrected chi connectivity index (χ4v) is 1.63. The standard InChI is InChI=1S/C13H10ClN3O2/c1-9-2-4-10(5-3-9)15-16-13-7-6-11(17(18)19)8-12(13)14/h2-8H,1H3. The van der Waals surface area contributed by atoms with E-state index in [9.17, 15) is 10.1 Å². The molecule has 0 saturated heterocycles. The number of nitro groups is 1. The van der Waals surface area contributed by atoms with Crippen LogP contribution < -0.4 is 0 Å². The Kier molecular flexibility index (Phi) is 3.87. The average molecular weight is 276 g/mol. The second-order valence-corrected chi connectivity index (χ2v) is 4.34. The molecule has 5 nitrogen and oxygen atoms in total. The normalized spacial score (nSPS) is 10.8. The summed E-state index contributed by atoms with van der Waals surface area (Å²) < 4.78 is 0. The molecule has 2 rings (SSSR count). The van der Waals surface area contributed by atoms with E-state index in [0.717, 1.165) is 5.56 Å². The van der Waals surface area contributed by atoms with Crippen molar-refractivity contribution in [2.75, 3.05) is 0 Å². The number of nitro benzene ring substituents is 1. The fourth-order valence-electron chi connectivity index (χ4n) is 1.41. The molecule has 0 unspecified atom stereocenters. The van der Waals surface area contributed by atoms with Crippen LogP contribution in [0.25, 0.3) is 0 Å². The van der Waals surface area contributed by atoms with Crippen LogP contribution >= 0.6 is 11.6 Å². The van der Waals surface area contributed by atoms with Gasteiger partial charge in [0.2, 0.25) is 0 Å². The number of aryl methyl sites for hydroxylation is 1. The number of rotatable bonds is 3. The molecule has 0 saturated carbocycles. The minimum atomic E-state index is -0.507. The predicted octanol–water partition coefficient (Wildman–Crippen LogP) is 4.97. The zero-order chi connectivity index (χ0) is 13.8. The Morgan fingerprint density at radius 2 is 1.79 bits per heavy atom. The minimum Gasteiger partial charge on any atom is -0.258 e. The van der Waals surface area contributed by atoms with Crippen LogP contribution in [0.2, 0.25) is 5.02 Å². The third kappa shape index (κ3) is 3.35. The van der Waals surface area contributed by atoms with E-state index in [-0.39, 0.29) is 10.7 Å². The maximum Gasteiger partial charge on any atom is 0.271 e. The molecule has 0 aromatic heterocycles. The maximum atomic E-state index is 10.6. The Morgan fingerprint density at radius 1 is 1.11 bits per heavy atom. The molecular weight excluding hydrogens is 266 g/mol. The van der Waals surface area contributed by atoms with Crippen molar-refractivity contribution in [3.63, 3.8) is 0 Å². The minimum absolute atomic E-state index is 0.0701. The molecule has 0 spiro atoms. The van der Waals surface area contributed by atoms with Gasteiger partial charge in [-0.2, -0.15) is 5.11 Å². The Labute approximate surface area is 114 Å². The third-order valence-electron chi connectivity index (χ3n) is 2.45. The molecule has 96 valence electrons. The van der Waals surface area contributed by atoms with Crippen LogP contribution in [0.1, 0.15) is 5.56 Å². The molecule has 0 N–H and O–H groups in total. The first-order valence-corrected chi connectivity index (χ1v) is 5.86. The van der Waals surface area contributed by atoms with E-state index in [0.29, 0.717) is 11.4 Å². The smallest absolute Gasteiger partial charge is 0.258 e. The SMILES string of the molecule is Cc1ccc(N=Nc2ccc([N+](=O)[O-])cc2Cl)cc1. The molecule has 6 heteroatoms. The van der Waals surface area contributed by atoms with E-state index in [1.807, 2.05) is 31.2 Å². The van der Waals surface area contributed by atoms with Crippen molar-refractivity contribution in [1.82, 2.24) is 0 Å². The van der Waals surface area contributed by atoms with Crippen molar-refractivity contribution in [1.29, 1.82) is 0 Å². The number of nitrogens with zero attached hydrogens (tertiary/aromatic N) is 3. The maximum absolute atomic E-state index is 10.6. The molecule has 19 heavy (non-hydrogen) atoms. The van der Waals surface area contributed by atoms with Crippen molar-refractivity contribution in [2.45, 2.75) is 6.92 Å².